The number of fused-ring (bicyclic) bond motifs is 1. The van der Waals surface area contributed by atoms with Crippen LogP contribution in [0.3, 0.4) is 0 Å². The SMILES string of the molecule is COc1cc2c(c(OC)c1OC)CN(CCN)CC2. The molecule has 1 aromatic rings. The molecular weight excluding hydrogens is 244 g/mol. The fourth-order valence-electron chi connectivity index (χ4n) is 2.62. The Morgan fingerprint density at radius 1 is 1.16 bits per heavy atom. The lowest BCUT2D eigenvalue weighted by Gasteiger charge is -2.30. The Bertz CT molecular complexity index is 449. The van der Waals surface area contributed by atoms with Gasteiger partial charge in [-0.15, -0.1) is 0 Å². The highest BCUT2D eigenvalue weighted by molar-refractivity contribution is 5.59. The van der Waals surface area contributed by atoms with Crippen molar-refractivity contribution in [1.82, 2.24) is 4.90 Å². The number of rotatable bonds is 5. The van der Waals surface area contributed by atoms with Crippen molar-refractivity contribution in [3.63, 3.8) is 0 Å². The van der Waals surface area contributed by atoms with E-state index in [9.17, 15) is 0 Å². The molecule has 2 rings (SSSR count). The van der Waals surface area contributed by atoms with Gasteiger partial charge in [-0.05, 0) is 18.1 Å². The van der Waals surface area contributed by atoms with Crippen molar-refractivity contribution in [2.24, 2.45) is 5.73 Å². The highest BCUT2D eigenvalue weighted by atomic mass is 16.5. The summed E-state index contributed by atoms with van der Waals surface area (Å²) in [6.07, 6.45) is 0.978. The summed E-state index contributed by atoms with van der Waals surface area (Å²) in [6.45, 7) is 3.43. The predicted molar refractivity (Wildman–Crippen MR) is 74.1 cm³/mol. The van der Waals surface area contributed by atoms with E-state index >= 15 is 0 Å². The van der Waals surface area contributed by atoms with Crippen LogP contribution in [-0.4, -0.2) is 45.9 Å². The van der Waals surface area contributed by atoms with Crippen molar-refractivity contribution in [2.45, 2.75) is 13.0 Å². The maximum Gasteiger partial charge on any atom is 0.203 e. The molecule has 1 heterocycles. The second-order valence-corrected chi connectivity index (χ2v) is 4.60. The normalized spacial score (nSPS) is 14.9. The van der Waals surface area contributed by atoms with Crippen LogP contribution in [0.2, 0.25) is 0 Å². The summed E-state index contributed by atoms with van der Waals surface area (Å²) in [5.41, 5.74) is 8.08. The molecule has 5 nitrogen and oxygen atoms in total. The Balaban J connectivity index is 2.43. The van der Waals surface area contributed by atoms with Gasteiger partial charge >= 0.3 is 0 Å². The fourth-order valence-corrected chi connectivity index (χ4v) is 2.62. The van der Waals surface area contributed by atoms with E-state index in [4.69, 9.17) is 19.9 Å². The third kappa shape index (κ3) is 2.62. The number of hydrogen-bond donors (Lipinski definition) is 1. The van der Waals surface area contributed by atoms with Gasteiger partial charge in [0, 0.05) is 31.7 Å². The second-order valence-electron chi connectivity index (χ2n) is 4.60. The first-order chi connectivity index (χ1) is 9.24. The first-order valence-electron chi connectivity index (χ1n) is 6.48. The molecule has 0 amide bonds. The third-order valence-corrected chi connectivity index (χ3v) is 3.55. The third-order valence-electron chi connectivity index (χ3n) is 3.55. The van der Waals surface area contributed by atoms with Crippen LogP contribution < -0.4 is 19.9 Å². The zero-order valence-electron chi connectivity index (χ0n) is 11.9. The summed E-state index contributed by atoms with van der Waals surface area (Å²) >= 11 is 0. The molecule has 19 heavy (non-hydrogen) atoms. The van der Waals surface area contributed by atoms with Gasteiger partial charge in [-0.25, -0.2) is 0 Å². The number of hydrogen-bond acceptors (Lipinski definition) is 5. The van der Waals surface area contributed by atoms with E-state index in [0.29, 0.717) is 12.3 Å². The standard InChI is InChI=1S/C14H22N2O3/c1-17-12-8-10-4-6-16(7-5-15)9-11(10)13(18-2)14(12)19-3/h8H,4-7,9,15H2,1-3H3. The van der Waals surface area contributed by atoms with Crippen molar-refractivity contribution in [3.05, 3.63) is 17.2 Å². The number of nitrogens with two attached hydrogens (primary N) is 1. The topological polar surface area (TPSA) is 57.0 Å². The molecule has 0 atom stereocenters. The second kappa shape index (κ2) is 6.12. The van der Waals surface area contributed by atoms with E-state index in [1.165, 1.54) is 11.1 Å². The maximum atomic E-state index is 5.63. The minimum atomic E-state index is 0.665. The summed E-state index contributed by atoms with van der Waals surface area (Å²) in [7, 11) is 4.94. The van der Waals surface area contributed by atoms with Gasteiger partial charge in [0.05, 0.1) is 21.3 Å². The van der Waals surface area contributed by atoms with E-state index in [2.05, 4.69) is 11.0 Å². The minimum Gasteiger partial charge on any atom is -0.493 e. The molecule has 0 unspecified atom stereocenters. The monoisotopic (exact) mass is 266 g/mol. The summed E-state index contributed by atoms with van der Waals surface area (Å²) in [6, 6.07) is 2.05. The number of benzene rings is 1. The molecule has 0 spiro atoms. The van der Waals surface area contributed by atoms with E-state index in [1.54, 1.807) is 21.3 Å². The molecule has 0 saturated heterocycles. The van der Waals surface area contributed by atoms with E-state index < -0.39 is 0 Å². The smallest absolute Gasteiger partial charge is 0.203 e. The lowest BCUT2D eigenvalue weighted by atomic mass is 9.97. The highest BCUT2D eigenvalue weighted by Gasteiger charge is 2.25. The quantitative estimate of drug-likeness (QED) is 0.862. The number of methoxy groups -OCH3 is 3. The Morgan fingerprint density at radius 2 is 1.89 bits per heavy atom. The van der Waals surface area contributed by atoms with Crippen molar-refractivity contribution < 1.29 is 14.2 Å². The number of nitrogens with zero attached hydrogens (tertiary/aromatic N) is 1. The van der Waals surface area contributed by atoms with Crippen LogP contribution in [0.1, 0.15) is 11.1 Å². The molecular formula is C14H22N2O3. The molecule has 0 bridgehead atoms. The zero-order valence-corrected chi connectivity index (χ0v) is 11.9. The summed E-state index contributed by atoms with van der Waals surface area (Å²) < 4.78 is 16.3. The minimum absolute atomic E-state index is 0.665. The van der Waals surface area contributed by atoms with Crippen LogP contribution in [0, 0.1) is 0 Å². The lowest BCUT2D eigenvalue weighted by Crippen LogP contribution is -2.34. The maximum absolute atomic E-state index is 5.63. The Kier molecular flexibility index (Phi) is 4.50. The van der Waals surface area contributed by atoms with E-state index in [-0.39, 0.29) is 0 Å². The van der Waals surface area contributed by atoms with Crippen molar-refractivity contribution in [3.8, 4) is 17.2 Å². The molecule has 0 aromatic heterocycles. The van der Waals surface area contributed by atoms with E-state index in [0.717, 1.165) is 37.6 Å². The van der Waals surface area contributed by atoms with Gasteiger partial charge < -0.3 is 19.9 Å². The molecule has 2 N–H and O–H groups in total. The summed E-state index contributed by atoms with van der Waals surface area (Å²) in [5, 5.41) is 0. The average molecular weight is 266 g/mol. The lowest BCUT2D eigenvalue weighted by molar-refractivity contribution is 0.250. The highest BCUT2D eigenvalue weighted by Crippen LogP contribution is 2.43. The van der Waals surface area contributed by atoms with Gasteiger partial charge in [0.2, 0.25) is 5.75 Å². The predicted octanol–water partition coefficient (Wildman–Crippen LogP) is 1.03. The summed E-state index contributed by atoms with van der Waals surface area (Å²) in [5.74, 6) is 2.17. The van der Waals surface area contributed by atoms with Gasteiger partial charge in [0.1, 0.15) is 0 Å². The van der Waals surface area contributed by atoms with Gasteiger partial charge in [-0.2, -0.15) is 0 Å². The van der Waals surface area contributed by atoms with Crippen LogP contribution in [0.5, 0.6) is 17.2 Å². The van der Waals surface area contributed by atoms with Crippen LogP contribution in [0.4, 0.5) is 0 Å². The molecule has 0 fully saturated rings. The first-order valence-corrected chi connectivity index (χ1v) is 6.48. The molecule has 1 aliphatic rings. The summed E-state index contributed by atoms with van der Waals surface area (Å²) in [4.78, 5) is 2.33. The van der Waals surface area contributed by atoms with Crippen LogP contribution in [-0.2, 0) is 13.0 Å². The number of ether oxygens (including phenoxy) is 3. The van der Waals surface area contributed by atoms with Crippen molar-refractivity contribution >= 4 is 0 Å². The van der Waals surface area contributed by atoms with Gasteiger partial charge in [0.15, 0.2) is 11.5 Å². The van der Waals surface area contributed by atoms with Crippen LogP contribution in [0.15, 0.2) is 6.07 Å². The molecule has 0 aliphatic carbocycles. The van der Waals surface area contributed by atoms with Crippen LogP contribution >= 0.6 is 0 Å². The van der Waals surface area contributed by atoms with Crippen molar-refractivity contribution in [2.75, 3.05) is 41.0 Å². The average Bonchev–Trinajstić information content (AvgIpc) is 2.45. The molecule has 1 aliphatic heterocycles. The van der Waals surface area contributed by atoms with Gasteiger partial charge in [0.25, 0.3) is 0 Å². The first kappa shape index (κ1) is 14.0. The Morgan fingerprint density at radius 3 is 2.47 bits per heavy atom. The zero-order chi connectivity index (χ0) is 13.8. The molecule has 106 valence electrons. The largest absolute Gasteiger partial charge is 0.493 e. The Labute approximate surface area is 114 Å². The molecule has 0 saturated carbocycles. The fraction of sp³-hybridized carbons (Fsp3) is 0.571. The molecule has 0 radical (unpaired) electrons. The van der Waals surface area contributed by atoms with Gasteiger partial charge in [-0.1, -0.05) is 0 Å². The van der Waals surface area contributed by atoms with Crippen LogP contribution in [0.25, 0.3) is 0 Å². The van der Waals surface area contributed by atoms with Crippen molar-refractivity contribution in [1.29, 1.82) is 0 Å². The molecule has 5 heteroatoms. The van der Waals surface area contributed by atoms with E-state index in [1.807, 2.05) is 0 Å². The molecule has 1 aromatic carbocycles. The van der Waals surface area contributed by atoms with Gasteiger partial charge in [-0.3, -0.25) is 4.90 Å². The Hall–Kier alpha value is -1.46.